The van der Waals surface area contributed by atoms with E-state index < -0.39 is 9.84 Å². The standard InChI is InChI=1S/C13H19NO3S2/c1-10-8-12(11(2)18-10)13(15)9-14-4-3-6-19(16,17)7-5-14/h8H,3-7,9H2,1-2H3. The van der Waals surface area contributed by atoms with Crippen LogP contribution in [0, 0.1) is 13.8 Å². The van der Waals surface area contributed by atoms with E-state index >= 15 is 0 Å². The van der Waals surface area contributed by atoms with Crippen LogP contribution in [0.1, 0.15) is 26.5 Å². The summed E-state index contributed by atoms with van der Waals surface area (Å²) in [6, 6.07) is 1.93. The second-order valence-electron chi connectivity index (χ2n) is 5.03. The number of thiophene rings is 1. The van der Waals surface area contributed by atoms with Crippen molar-refractivity contribution in [1.82, 2.24) is 4.90 Å². The Kier molecular flexibility index (Phi) is 4.43. The quantitative estimate of drug-likeness (QED) is 0.797. The topological polar surface area (TPSA) is 54.5 Å². The molecule has 1 aromatic rings. The van der Waals surface area contributed by atoms with Crippen molar-refractivity contribution in [3.63, 3.8) is 0 Å². The van der Waals surface area contributed by atoms with Crippen molar-refractivity contribution in [2.45, 2.75) is 20.3 Å². The van der Waals surface area contributed by atoms with Gasteiger partial charge in [0.1, 0.15) is 0 Å². The van der Waals surface area contributed by atoms with Crippen LogP contribution in [-0.4, -0.2) is 50.2 Å². The molecular weight excluding hydrogens is 282 g/mol. The van der Waals surface area contributed by atoms with Crippen molar-refractivity contribution in [2.75, 3.05) is 31.1 Å². The number of hydrogen-bond donors (Lipinski definition) is 0. The highest BCUT2D eigenvalue weighted by Gasteiger charge is 2.22. The maximum absolute atomic E-state index is 12.2. The molecule has 0 amide bonds. The smallest absolute Gasteiger partial charge is 0.177 e. The molecule has 2 rings (SSSR count). The summed E-state index contributed by atoms with van der Waals surface area (Å²) in [4.78, 5) is 16.4. The molecule has 19 heavy (non-hydrogen) atoms. The molecule has 0 radical (unpaired) electrons. The van der Waals surface area contributed by atoms with Gasteiger partial charge in [-0.1, -0.05) is 0 Å². The Hall–Kier alpha value is -0.720. The number of sulfone groups is 1. The SMILES string of the molecule is Cc1cc(C(=O)CN2CCCS(=O)(=O)CC2)c(C)s1. The molecule has 0 saturated carbocycles. The second-order valence-corrected chi connectivity index (χ2v) is 8.80. The molecule has 1 aliphatic rings. The molecular formula is C13H19NO3S2. The zero-order valence-corrected chi connectivity index (χ0v) is 12.9. The summed E-state index contributed by atoms with van der Waals surface area (Å²) in [5, 5.41) is 0. The summed E-state index contributed by atoms with van der Waals surface area (Å²) in [5.74, 6) is 0.511. The fourth-order valence-corrected chi connectivity index (χ4v) is 4.60. The molecule has 2 heterocycles. The fourth-order valence-electron chi connectivity index (χ4n) is 2.34. The Labute approximate surface area is 118 Å². The first-order chi connectivity index (χ1) is 8.87. The Morgan fingerprint density at radius 1 is 1.32 bits per heavy atom. The molecule has 0 unspecified atom stereocenters. The lowest BCUT2D eigenvalue weighted by Crippen LogP contribution is -2.32. The summed E-state index contributed by atoms with van der Waals surface area (Å²) in [6.07, 6.45) is 0.622. The van der Waals surface area contributed by atoms with Crippen molar-refractivity contribution in [3.8, 4) is 0 Å². The first-order valence-corrected chi connectivity index (χ1v) is 9.04. The molecule has 106 valence electrons. The number of aryl methyl sites for hydroxylation is 2. The third-order valence-corrected chi connectivity index (χ3v) is 6.04. The number of carbonyl (C=O) groups excluding carboxylic acids is 1. The van der Waals surface area contributed by atoms with E-state index in [1.807, 2.05) is 24.8 Å². The highest BCUT2D eigenvalue weighted by molar-refractivity contribution is 7.91. The highest BCUT2D eigenvalue weighted by Crippen LogP contribution is 2.21. The monoisotopic (exact) mass is 301 g/mol. The van der Waals surface area contributed by atoms with Crippen molar-refractivity contribution >= 4 is 27.0 Å². The minimum Gasteiger partial charge on any atom is -0.295 e. The summed E-state index contributed by atoms with van der Waals surface area (Å²) < 4.78 is 23.0. The molecule has 6 heteroatoms. The van der Waals surface area contributed by atoms with E-state index in [1.165, 1.54) is 0 Å². The van der Waals surface area contributed by atoms with Gasteiger partial charge >= 0.3 is 0 Å². The average molecular weight is 301 g/mol. The van der Waals surface area contributed by atoms with Gasteiger partial charge in [0.25, 0.3) is 0 Å². The van der Waals surface area contributed by atoms with Crippen molar-refractivity contribution < 1.29 is 13.2 Å². The van der Waals surface area contributed by atoms with Crippen molar-refractivity contribution in [1.29, 1.82) is 0 Å². The normalized spacial score (nSPS) is 20.1. The van der Waals surface area contributed by atoms with E-state index in [1.54, 1.807) is 11.3 Å². The van der Waals surface area contributed by atoms with Crippen LogP contribution in [0.3, 0.4) is 0 Å². The predicted molar refractivity (Wildman–Crippen MR) is 77.8 cm³/mol. The average Bonchev–Trinajstić information content (AvgIpc) is 2.55. The lowest BCUT2D eigenvalue weighted by atomic mass is 10.1. The maximum Gasteiger partial charge on any atom is 0.177 e. The number of rotatable bonds is 3. The van der Waals surface area contributed by atoms with Gasteiger partial charge in [-0.25, -0.2) is 8.42 Å². The molecule has 0 N–H and O–H groups in total. The van der Waals surface area contributed by atoms with Gasteiger partial charge in [0.05, 0.1) is 18.1 Å². The Morgan fingerprint density at radius 2 is 2.05 bits per heavy atom. The molecule has 0 spiro atoms. The lowest BCUT2D eigenvalue weighted by molar-refractivity contribution is 0.0935. The van der Waals surface area contributed by atoms with Crippen LogP contribution in [0.5, 0.6) is 0 Å². The molecule has 0 aromatic carbocycles. The molecule has 0 atom stereocenters. The van der Waals surface area contributed by atoms with E-state index in [0.29, 0.717) is 26.1 Å². The molecule has 0 aliphatic carbocycles. The minimum atomic E-state index is -2.91. The summed E-state index contributed by atoms with van der Waals surface area (Å²) in [5.41, 5.74) is 0.787. The van der Waals surface area contributed by atoms with Gasteiger partial charge in [-0.2, -0.15) is 0 Å². The summed E-state index contributed by atoms with van der Waals surface area (Å²) >= 11 is 1.63. The van der Waals surface area contributed by atoms with Crippen LogP contribution in [-0.2, 0) is 9.84 Å². The van der Waals surface area contributed by atoms with Crippen LogP contribution < -0.4 is 0 Å². The van der Waals surface area contributed by atoms with Crippen molar-refractivity contribution in [2.24, 2.45) is 0 Å². The van der Waals surface area contributed by atoms with Crippen LogP contribution in [0.4, 0.5) is 0 Å². The van der Waals surface area contributed by atoms with Gasteiger partial charge in [0, 0.05) is 21.9 Å². The zero-order chi connectivity index (χ0) is 14.0. The van der Waals surface area contributed by atoms with Gasteiger partial charge in [-0.05, 0) is 32.9 Å². The van der Waals surface area contributed by atoms with Crippen LogP contribution in [0.2, 0.25) is 0 Å². The summed E-state index contributed by atoms with van der Waals surface area (Å²) in [7, 11) is -2.91. The number of carbonyl (C=O) groups is 1. The fraction of sp³-hybridized carbons (Fsp3) is 0.615. The summed E-state index contributed by atoms with van der Waals surface area (Å²) in [6.45, 7) is 5.43. The minimum absolute atomic E-state index is 0.0983. The first-order valence-electron chi connectivity index (χ1n) is 6.40. The predicted octanol–water partition coefficient (Wildman–Crippen LogP) is 1.67. The third kappa shape index (κ3) is 3.87. The van der Waals surface area contributed by atoms with Gasteiger partial charge < -0.3 is 0 Å². The van der Waals surface area contributed by atoms with E-state index in [4.69, 9.17) is 0 Å². The van der Waals surface area contributed by atoms with Crippen LogP contribution in [0.15, 0.2) is 6.07 Å². The largest absolute Gasteiger partial charge is 0.295 e. The van der Waals surface area contributed by atoms with Gasteiger partial charge in [-0.3, -0.25) is 9.69 Å². The van der Waals surface area contributed by atoms with E-state index in [0.717, 1.165) is 15.3 Å². The van der Waals surface area contributed by atoms with E-state index in [9.17, 15) is 13.2 Å². The van der Waals surface area contributed by atoms with E-state index in [2.05, 4.69) is 0 Å². The molecule has 1 aromatic heterocycles. The Morgan fingerprint density at radius 3 is 2.68 bits per heavy atom. The second kappa shape index (κ2) is 5.73. The highest BCUT2D eigenvalue weighted by atomic mass is 32.2. The van der Waals surface area contributed by atoms with Gasteiger partial charge in [0.15, 0.2) is 15.6 Å². The van der Waals surface area contributed by atoms with E-state index in [-0.39, 0.29) is 17.3 Å². The van der Waals surface area contributed by atoms with Crippen LogP contribution in [0.25, 0.3) is 0 Å². The Bertz CT molecular complexity index is 575. The van der Waals surface area contributed by atoms with Gasteiger partial charge in [0.2, 0.25) is 0 Å². The molecule has 4 nitrogen and oxygen atoms in total. The number of nitrogens with zero attached hydrogens (tertiary/aromatic N) is 1. The lowest BCUT2D eigenvalue weighted by Gasteiger charge is -2.17. The number of Topliss-reactive ketones (excluding diaryl/α,β-unsaturated/α-hetero) is 1. The molecule has 1 fully saturated rings. The number of ketones is 1. The molecule has 0 bridgehead atoms. The first kappa shape index (κ1) is 14.7. The van der Waals surface area contributed by atoms with Crippen LogP contribution >= 0.6 is 11.3 Å². The number of hydrogen-bond acceptors (Lipinski definition) is 5. The third-order valence-electron chi connectivity index (χ3n) is 3.36. The maximum atomic E-state index is 12.2. The zero-order valence-electron chi connectivity index (χ0n) is 11.3. The van der Waals surface area contributed by atoms with Crippen molar-refractivity contribution in [3.05, 3.63) is 21.4 Å². The molecule has 1 aliphatic heterocycles. The van der Waals surface area contributed by atoms with Gasteiger partial charge in [-0.15, -0.1) is 11.3 Å². The molecule has 1 saturated heterocycles. The Balaban J connectivity index is 2.01.